The van der Waals surface area contributed by atoms with Crippen LogP contribution in [0.15, 0.2) is 35.8 Å². The molecule has 0 radical (unpaired) electrons. The Bertz CT molecular complexity index is 763. The maximum atomic E-state index is 13.3. The molecule has 2 aliphatic heterocycles. The molecule has 1 amide bonds. The normalized spacial score (nSPS) is 26.3. The van der Waals surface area contributed by atoms with Crippen LogP contribution in [-0.4, -0.2) is 59.1 Å². The molecule has 26 heavy (non-hydrogen) atoms. The average Bonchev–Trinajstić information content (AvgIpc) is 3.25. The topological polar surface area (TPSA) is 45.7 Å². The molecule has 2 saturated heterocycles. The van der Waals surface area contributed by atoms with E-state index in [0.717, 1.165) is 38.2 Å². The van der Waals surface area contributed by atoms with Crippen LogP contribution in [0, 0.1) is 6.92 Å². The highest BCUT2D eigenvalue weighted by Gasteiger charge is 2.45. The number of thiazole rings is 1. The predicted molar refractivity (Wildman–Crippen MR) is 102 cm³/mol. The summed E-state index contributed by atoms with van der Waals surface area (Å²) in [4.78, 5) is 23.4. The molecule has 2 fully saturated rings. The molecule has 0 N–H and O–H groups in total. The van der Waals surface area contributed by atoms with Crippen molar-refractivity contribution in [3.63, 3.8) is 0 Å². The lowest BCUT2D eigenvalue weighted by molar-refractivity contribution is -0.144. The van der Waals surface area contributed by atoms with Gasteiger partial charge in [0.25, 0.3) is 0 Å². The van der Waals surface area contributed by atoms with Crippen LogP contribution in [0.2, 0.25) is 0 Å². The monoisotopic (exact) mass is 371 g/mol. The van der Waals surface area contributed by atoms with E-state index in [2.05, 4.69) is 26.9 Å². The van der Waals surface area contributed by atoms with Crippen LogP contribution in [0.5, 0.6) is 0 Å². The SMILES string of the molecule is CO[C@H]1C[C@H]2CN(Cc3scnc3C)[C@@H](Cc3ccccc3)C(=O)N2C1. The van der Waals surface area contributed by atoms with Crippen molar-refractivity contribution in [2.75, 3.05) is 20.2 Å². The van der Waals surface area contributed by atoms with Gasteiger partial charge in [-0.25, -0.2) is 4.98 Å². The number of fused-ring (bicyclic) bond motifs is 1. The zero-order valence-electron chi connectivity index (χ0n) is 15.3. The van der Waals surface area contributed by atoms with E-state index < -0.39 is 0 Å². The van der Waals surface area contributed by atoms with E-state index in [0.29, 0.717) is 0 Å². The molecule has 1 aromatic heterocycles. The number of hydrogen-bond acceptors (Lipinski definition) is 5. The second-order valence-corrected chi connectivity index (χ2v) is 8.17. The molecule has 3 heterocycles. The quantitative estimate of drug-likeness (QED) is 0.810. The van der Waals surface area contributed by atoms with Crippen molar-refractivity contribution < 1.29 is 9.53 Å². The van der Waals surface area contributed by atoms with Crippen molar-refractivity contribution in [1.82, 2.24) is 14.8 Å². The molecule has 2 aliphatic rings. The second-order valence-electron chi connectivity index (χ2n) is 7.23. The summed E-state index contributed by atoms with van der Waals surface area (Å²) in [6.45, 7) is 4.47. The van der Waals surface area contributed by atoms with Crippen LogP contribution in [0.3, 0.4) is 0 Å². The number of ether oxygens (including phenoxy) is 1. The van der Waals surface area contributed by atoms with E-state index in [1.807, 2.05) is 30.6 Å². The predicted octanol–water partition coefficient (Wildman–Crippen LogP) is 2.49. The summed E-state index contributed by atoms with van der Waals surface area (Å²) in [5, 5.41) is 0. The fourth-order valence-corrected chi connectivity index (χ4v) is 4.93. The van der Waals surface area contributed by atoms with Crippen LogP contribution >= 0.6 is 11.3 Å². The number of rotatable bonds is 5. The Kier molecular flexibility index (Phi) is 5.07. The van der Waals surface area contributed by atoms with Crippen molar-refractivity contribution >= 4 is 17.2 Å². The van der Waals surface area contributed by atoms with Crippen LogP contribution in [0.1, 0.15) is 22.6 Å². The molecule has 0 bridgehead atoms. The molecule has 138 valence electrons. The van der Waals surface area contributed by atoms with Gasteiger partial charge in [-0.3, -0.25) is 9.69 Å². The molecule has 0 spiro atoms. The number of aromatic nitrogens is 1. The Balaban J connectivity index is 1.59. The first kappa shape index (κ1) is 17.6. The molecule has 5 nitrogen and oxygen atoms in total. The number of piperazine rings is 1. The number of carbonyl (C=O) groups excluding carboxylic acids is 1. The zero-order chi connectivity index (χ0) is 18.1. The smallest absolute Gasteiger partial charge is 0.240 e. The van der Waals surface area contributed by atoms with Gasteiger partial charge in [0.05, 0.1) is 23.4 Å². The first-order valence-corrected chi connectivity index (χ1v) is 10.0. The maximum absolute atomic E-state index is 13.3. The molecule has 1 aromatic carbocycles. The van der Waals surface area contributed by atoms with Gasteiger partial charge in [-0.15, -0.1) is 11.3 Å². The Labute approximate surface area is 158 Å². The fourth-order valence-electron chi connectivity index (χ4n) is 4.12. The first-order valence-electron chi connectivity index (χ1n) is 9.16. The third-order valence-corrected chi connectivity index (χ3v) is 6.55. The number of amides is 1. The van der Waals surface area contributed by atoms with Gasteiger partial charge in [-0.05, 0) is 25.3 Å². The van der Waals surface area contributed by atoms with E-state index in [1.54, 1.807) is 18.4 Å². The summed E-state index contributed by atoms with van der Waals surface area (Å²) in [7, 11) is 1.74. The lowest BCUT2D eigenvalue weighted by atomic mass is 9.99. The molecule has 0 unspecified atom stereocenters. The van der Waals surface area contributed by atoms with Crippen molar-refractivity contribution in [3.8, 4) is 0 Å². The van der Waals surface area contributed by atoms with E-state index in [-0.39, 0.29) is 24.1 Å². The van der Waals surface area contributed by atoms with Crippen LogP contribution in [0.25, 0.3) is 0 Å². The summed E-state index contributed by atoms with van der Waals surface area (Å²) in [5.74, 6) is 0.242. The molecule has 6 heteroatoms. The molecule has 0 saturated carbocycles. The number of methoxy groups -OCH3 is 1. The molecule has 4 rings (SSSR count). The van der Waals surface area contributed by atoms with Crippen molar-refractivity contribution in [2.24, 2.45) is 0 Å². The average molecular weight is 372 g/mol. The molecular weight excluding hydrogens is 346 g/mol. The summed E-state index contributed by atoms with van der Waals surface area (Å²) < 4.78 is 5.54. The fraction of sp³-hybridized carbons (Fsp3) is 0.500. The minimum atomic E-state index is -0.120. The van der Waals surface area contributed by atoms with E-state index in [4.69, 9.17) is 4.74 Å². The standard InChI is InChI=1S/C20H25N3O2S/c1-14-19(26-13-21-14)12-22-10-16-9-17(25-2)11-23(16)20(24)18(22)8-15-6-4-3-5-7-15/h3-7,13,16-18H,8-12H2,1-2H3/t16-,17-,18-/m0/s1. The number of hydrogen-bond donors (Lipinski definition) is 0. The van der Waals surface area contributed by atoms with Crippen molar-refractivity contribution in [2.45, 2.75) is 44.5 Å². The van der Waals surface area contributed by atoms with Gasteiger partial charge in [0.2, 0.25) is 5.91 Å². The molecule has 2 aromatic rings. The summed E-state index contributed by atoms with van der Waals surface area (Å²) >= 11 is 1.68. The molecule has 0 aliphatic carbocycles. The highest BCUT2D eigenvalue weighted by Crippen LogP contribution is 2.30. The maximum Gasteiger partial charge on any atom is 0.240 e. The largest absolute Gasteiger partial charge is 0.380 e. The Morgan fingerprint density at radius 2 is 2.08 bits per heavy atom. The number of aryl methyl sites for hydroxylation is 1. The number of carbonyl (C=O) groups is 1. The third-order valence-electron chi connectivity index (χ3n) is 5.63. The molecular formula is C20H25N3O2S. The van der Waals surface area contributed by atoms with Gasteiger partial charge in [0.15, 0.2) is 0 Å². The van der Waals surface area contributed by atoms with Crippen LogP contribution in [0.4, 0.5) is 0 Å². The lowest BCUT2D eigenvalue weighted by Gasteiger charge is -2.42. The highest BCUT2D eigenvalue weighted by molar-refractivity contribution is 7.09. The number of benzene rings is 1. The first-order chi connectivity index (χ1) is 12.7. The van der Waals surface area contributed by atoms with Crippen molar-refractivity contribution in [1.29, 1.82) is 0 Å². The second kappa shape index (κ2) is 7.47. The van der Waals surface area contributed by atoms with E-state index in [9.17, 15) is 4.79 Å². The summed E-state index contributed by atoms with van der Waals surface area (Å²) in [6, 6.07) is 10.5. The minimum absolute atomic E-state index is 0.120. The van der Waals surface area contributed by atoms with Gasteiger partial charge in [-0.1, -0.05) is 30.3 Å². The van der Waals surface area contributed by atoms with Gasteiger partial charge in [0.1, 0.15) is 0 Å². The number of nitrogens with zero attached hydrogens (tertiary/aromatic N) is 3. The van der Waals surface area contributed by atoms with Crippen molar-refractivity contribution in [3.05, 3.63) is 52.0 Å². The third kappa shape index (κ3) is 3.41. The Morgan fingerprint density at radius 3 is 2.77 bits per heavy atom. The minimum Gasteiger partial charge on any atom is -0.380 e. The molecule has 3 atom stereocenters. The lowest BCUT2D eigenvalue weighted by Crippen LogP contribution is -2.59. The Hall–Kier alpha value is -1.76. The van der Waals surface area contributed by atoms with E-state index in [1.165, 1.54) is 10.4 Å². The highest BCUT2D eigenvalue weighted by atomic mass is 32.1. The van der Waals surface area contributed by atoms with E-state index >= 15 is 0 Å². The van der Waals surface area contributed by atoms with Gasteiger partial charge < -0.3 is 9.64 Å². The summed E-state index contributed by atoms with van der Waals surface area (Å²) in [5.41, 5.74) is 4.17. The zero-order valence-corrected chi connectivity index (χ0v) is 16.1. The van der Waals surface area contributed by atoms with Gasteiger partial charge in [0, 0.05) is 37.7 Å². The summed E-state index contributed by atoms with van der Waals surface area (Å²) in [6.07, 6.45) is 1.84. The van der Waals surface area contributed by atoms with Crippen LogP contribution in [-0.2, 0) is 22.5 Å². The van der Waals surface area contributed by atoms with Gasteiger partial charge >= 0.3 is 0 Å². The Morgan fingerprint density at radius 1 is 1.27 bits per heavy atom. The van der Waals surface area contributed by atoms with Crippen LogP contribution < -0.4 is 0 Å². The van der Waals surface area contributed by atoms with Gasteiger partial charge in [-0.2, -0.15) is 0 Å².